The van der Waals surface area contributed by atoms with Crippen LogP contribution in [-0.2, 0) is 9.59 Å². The maximum absolute atomic E-state index is 12.0. The third-order valence-corrected chi connectivity index (χ3v) is 2.55. The Morgan fingerprint density at radius 2 is 1.94 bits per heavy atom. The van der Waals surface area contributed by atoms with Crippen LogP contribution in [0.5, 0.6) is 0 Å². The molecule has 1 fully saturated rings. The van der Waals surface area contributed by atoms with Gasteiger partial charge in [0.25, 0.3) is 0 Å². The average Bonchev–Trinajstić information content (AvgIpc) is 2.94. The lowest BCUT2D eigenvalue weighted by atomic mass is 10.1. The van der Waals surface area contributed by atoms with Gasteiger partial charge < -0.3 is 10.4 Å². The van der Waals surface area contributed by atoms with Crippen molar-refractivity contribution in [2.45, 2.75) is 44.3 Å². The molecular weight excluding hydrogens is 239 g/mol. The first-order valence-corrected chi connectivity index (χ1v) is 5.37. The number of carbonyl (C=O) groups is 2. The van der Waals surface area contributed by atoms with Crippen LogP contribution in [0.3, 0.4) is 0 Å². The second-order valence-electron chi connectivity index (χ2n) is 4.26. The highest BCUT2D eigenvalue weighted by atomic mass is 19.4. The fraction of sp³-hybridized carbons (Fsp3) is 0.800. The number of hydrogen-bond acceptors (Lipinski definition) is 2. The first-order valence-electron chi connectivity index (χ1n) is 5.37. The van der Waals surface area contributed by atoms with E-state index in [0.29, 0.717) is 12.3 Å². The van der Waals surface area contributed by atoms with Crippen LogP contribution >= 0.6 is 0 Å². The zero-order chi connectivity index (χ0) is 13.1. The molecule has 98 valence electrons. The van der Waals surface area contributed by atoms with Crippen LogP contribution in [0, 0.1) is 5.92 Å². The van der Waals surface area contributed by atoms with Crippen molar-refractivity contribution < 1.29 is 27.9 Å². The lowest BCUT2D eigenvalue weighted by molar-refractivity contribution is -0.160. The van der Waals surface area contributed by atoms with E-state index in [9.17, 15) is 22.8 Å². The normalized spacial score (nSPS) is 17.6. The minimum atomic E-state index is -4.60. The average molecular weight is 253 g/mol. The van der Waals surface area contributed by atoms with Gasteiger partial charge in [0.2, 0.25) is 5.91 Å². The SMILES string of the molecule is O=C(CCC1CC1)NC(CC(F)(F)F)C(=O)O. The predicted molar refractivity (Wildman–Crippen MR) is 52.2 cm³/mol. The topological polar surface area (TPSA) is 66.4 Å². The fourth-order valence-electron chi connectivity index (χ4n) is 1.44. The molecule has 0 aromatic rings. The molecule has 1 saturated carbocycles. The fourth-order valence-corrected chi connectivity index (χ4v) is 1.44. The summed E-state index contributed by atoms with van der Waals surface area (Å²) in [5, 5.41) is 10.5. The highest BCUT2D eigenvalue weighted by Crippen LogP contribution is 2.33. The van der Waals surface area contributed by atoms with Gasteiger partial charge >= 0.3 is 12.1 Å². The van der Waals surface area contributed by atoms with Gasteiger partial charge in [0.1, 0.15) is 6.04 Å². The summed E-state index contributed by atoms with van der Waals surface area (Å²) >= 11 is 0. The van der Waals surface area contributed by atoms with E-state index in [1.54, 1.807) is 0 Å². The molecule has 0 heterocycles. The largest absolute Gasteiger partial charge is 0.480 e. The van der Waals surface area contributed by atoms with Gasteiger partial charge in [0.05, 0.1) is 6.42 Å². The van der Waals surface area contributed by atoms with E-state index in [-0.39, 0.29) is 6.42 Å². The van der Waals surface area contributed by atoms with Crippen molar-refractivity contribution in [3.8, 4) is 0 Å². The summed E-state index contributed by atoms with van der Waals surface area (Å²) in [5.41, 5.74) is 0. The van der Waals surface area contributed by atoms with Crippen molar-refractivity contribution in [1.82, 2.24) is 5.32 Å². The number of nitrogens with one attached hydrogen (secondary N) is 1. The molecule has 1 atom stereocenters. The summed E-state index contributed by atoms with van der Waals surface area (Å²) in [7, 11) is 0. The van der Waals surface area contributed by atoms with Gasteiger partial charge in [-0.15, -0.1) is 0 Å². The van der Waals surface area contributed by atoms with Crippen molar-refractivity contribution >= 4 is 11.9 Å². The van der Waals surface area contributed by atoms with Crippen molar-refractivity contribution in [1.29, 1.82) is 0 Å². The molecule has 7 heteroatoms. The molecule has 0 aromatic heterocycles. The Morgan fingerprint density at radius 1 is 1.35 bits per heavy atom. The van der Waals surface area contributed by atoms with Crippen molar-refractivity contribution in [3.63, 3.8) is 0 Å². The van der Waals surface area contributed by atoms with E-state index >= 15 is 0 Å². The molecule has 0 aliphatic heterocycles. The summed E-state index contributed by atoms with van der Waals surface area (Å²) in [4.78, 5) is 21.8. The Bertz CT molecular complexity index is 300. The molecule has 4 nitrogen and oxygen atoms in total. The molecule has 17 heavy (non-hydrogen) atoms. The Kier molecular flexibility index (Phi) is 4.36. The number of amides is 1. The minimum absolute atomic E-state index is 0.0896. The van der Waals surface area contributed by atoms with Crippen molar-refractivity contribution in [2.75, 3.05) is 0 Å². The molecule has 0 saturated heterocycles. The van der Waals surface area contributed by atoms with Crippen LogP contribution in [0.4, 0.5) is 13.2 Å². The number of alkyl halides is 3. The molecule has 1 aliphatic rings. The van der Waals surface area contributed by atoms with Crippen LogP contribution in [0.1, 0.15) is 32.1 Å². The second-order valence-corrected chi connectivity index (χ2v) is 4.26. The van der Waals surface area contributed by atoms with E-state index in [4.69, 9.17) is 5.11 Å². The van der Waals surface area contributed by atoms with Gasteiger partial charge in [0, 0.05) is 6.42 Å². The van der Waals surface area contributed by atoms with E-state index in [1.165, 1.54) is 0 Å². The van der Waals surface area contributed by atoms with Crippen LogP contribution in [-0.4, -0.2) is 29.2 Å². The van der Waals surface area contributed by atoms with Gasteiger partial charge in [-0.25, -0.2) is 4.79 Å². The first-order chi connectivity index (χ1) is 7.78. The van der Waals surface area contributed by atoms with E-state index in [1.807, 2.05) is 5.32 Å². The molecule has 1 amide bonds. The van der Waals surface area contributed by atoms with Gasteiger partial charge in [-0.05, 0) is 12.3 Å². The van der Waals surface area contributed by atoms with Gasteiger partial charge in [-0.1, -0.05) is 12.8 Å². The molecule has 1 rings (SSSR count). The number of hydrogen-bond donors (Lipinski definition) is 2. The Labute approximate surface area is 96.2 Å². The van der Waals surface area contributed by atoms with Crippen molar-refractivity contribution in [3.05, 3.63) is 0 Å². The summed E-state index contributed by atoms with van der Waals surface area (Å²) in [6, 6.07) is -1.89. The molecule has 1 aliphatic carbocycles. The molecule has 1 unspecified atom stereocenters. The highest BCUT2D eigenvalue weighted by Gasteiger charge is 2.36. The summed E-state index contributed by atoms with van der Waals surface area (Å²) in [6.45, 7) is 0. The summed E-state index contributed by atoms with van der Waals surface area (Å²) in [5.74, 6) is -1.82. The van der Waals surface area contributed by atoms with Crippen LogP contribution in [0.2, 0.25) is 0 Å². The lowest BCUT2D eigenvalue weighted by Crippen LogP contribution is -2.43. The second kappa shape index (κ2) is 5.37. The van der Waals surface area contributed by atoms with Gasteiger partial charge in [0.15, 0.2) is 0 Å². The number of halogens is 3. The lowest BCUT2D eigenvalue weighted by Gasteiger charge is -2.16. The smallest absolute Gasteiger partial charge is 0.391 e. The first kappa shape index (κ1) is 13.8. The Balaban J connectivity index is 2.36. The van der Waals surface area contributed by atoms with Gasteiger partial charge in [-0.3, -0.25) is 4.79 Å². The van der Waals surface area contributed by atoms with Crippen molar-refractivity contribution in [2.24, 2.45) is 5.92 Å². The number of carbonyl (C=O) groups excluding carboxylic acids is 1. The Morgan fingerprint density at radius 3 is 2.35 bits per heavy atom. The van der Waals surface area contributed by atoms with E-state index in [0.717, 1.165) is 12.8 Å². The monoisotopic (exact) mass is 253 g/mol. The van der Waals surface area contributed by atoms with Crippen LogP contribution < -0.4 is 5.32 Å². The molecule has 0 aromatic carbocycles. The molecule has 0 radical (unpaired) electrons. The number of aliphatic carboxylic acids is 1. The number of carboxylic acids is 1. The molecule has 2 N–H and O–H groups in total. The van der Waals surface area contributed by atoms with E-state index in [2.05, 4.69) is 0 Å². The summed E-state index contributed by atoms with van der Waals surface area (Å²) < 4.78 is 36.1. The molecular formula is C10H14F3NO3. The third-order valence-electron chi connectivity index (χ3n) is 2.55. The minimum Gasteiger partial charge on any atom is -0.480 e. The van der Waals surface area contributed by atoms with Crippen LogP contribution in [0.15, 0.2) is 0 Å². The summed E-state index contributed by atoms with van der Waals surface area (Å²) in [6.07, 6.45) is -3.36. The number of rotatable bonds is 6. The predicted octanol–water partition coefficient (Wildman–Crippen LogP) is 1.70. The standard InChI is InChI=1S/C10H14F3NO3/c11-10(12,13)5-7(9(16)17)14-8(15)4-3-6-1-2-6/h6-7H,1-5H2,(H,14,15)(H,16,17). The quantitative estimate of drug-likeness (QED) is 0.757. The maximum atomic E-state index is 12.0. The number of carboxylic acid groups (broad SMARTS) is 1. The molecule has 0 bridgehead atoms. The third kappa shape index (κ3) is 6.13. The Hall–Kier alpha value is -1.27. The zero-order valence-electron chi connectivity index (χ0n) is 9.09. The molecule has 0 spiro atoms. The maximum Gasteiger partial charge on any atom is 0.391 e. The van der Waals surface area contributed by atoms with Crippen LogP contribution in [0.25, 0.3) is 0 Å². The highest BCUT2D eigenvalue weighted by molar-refractivity contribution is 5.83. The van der Waals surface area contributed by atoms with E-state index < -0.39 is 30.5 Å². The van der Waals surface area contributed by atoms with Gasteiger partial charge in [-0.2, -0.15) is 13.2 Å². The zero-order valence-corrected chi connectivity index (χ0v) is 9.09.